The summed E-state index contributed by atoms with van der Waals surface area (Å²) in [5.41, 5.74) is 7.35. The number of benzene rings is 2. The number of nitrogens with two attached hydrogens (primary N) is 1. The largest absolute Gasteiger partial charge is 0.480 e. The molecule has 3 rings (SSSR count). The Morgan fingerprint density at radius 1 is 0.962 bits per heavy atom. The lowest BCUT2D eigenvalue weighted by Gasteiger charge is -2.34. The van der Waals surface area contributed by atoms with Crippen LogP contribution in [-0.2, 0) is 4.79 Å². The molecule has 1 aliphatic heterocycles. The average Bonchev–Trinajstić information content (AvgIpc) is 2.64. The molecule has 0 bridgehead atoms. The lowest BCUT2D eigenvalue weighted by molar-refractivity contribution is -0.138. The Balaban J connectivity index is 1.73. The van der Waals surface area contributed by atoms with Gasteiger partial charge >= 0.3 is 5.97 Å². The molecule has 1 amide bonds. The van der Waals surface area contributed by atoms with Crippen LogP contribution in [0.5, 0.6) is 0 Å². The van der Waals surface area contributed by atoms with E-state index in [4.69, 9.17) is 10.8 Å². The number of rotatable bonds is 5. The number of amides is 1. The van der Waals surface area contributed by atoms with Crippen LogP contribution in [0.2, 0.25) is 0 Å². The first-order valence-electron chi connectivity index (χ1n) is 8.39. The highest BCUT2D eigenvalue weighted by molar-refractivity contribution is 7.99. The summed E-state index contributed by atoms with van der Waals surface area (Å²) >= 11 is 1.48. The molecule has 0 unspecified atom stereocenters. The Hall–Kier alpha value is -2.51. The maximum absolute atomic E-state index is 13.0. The van der Waals surface area contributed by atoms with Crippen molar-refractivity contribution in [3.05, 3.63) is 54.1 Å². The van der Waals surface area contributed by atoms with E-state index in [1.807, 2.05) is 53.4 Å². The van der Waals surface area contributed by atoms with E-state index in [-0.39, 0.29) is 12.5 Å². The number of anilines is 1. The molecule has 0 spiro atoms. The van der Waals surface area contributed by atoms with E-state index < -0.39 is 5.97 Å². The van der Waals surface area contributed by atoms with E-state index in [2.05, 4.69) is 0 Å². The lowest BCUT2D eigenvalue weighted by atomic mass is 10.2. The van der Waals surface area contributed by atoms with Crippen LogP contribution in [0.25, 0.3) is 0 Å². The Labute approximate surface area is 156 Å². The Morgan fingerprint density at radius 2 is 1.58 bits per heavy atom. The first-order chi connectivity index (χ1) is 12.5. The quantitative estimate of drug-likeness (QED) is 0.784. The second kappa shape index (κ2) is 8.25. The number of aliphatic carboxylic acids is 1. The van der Waals surface area contributed by atoms with Gasteiger partial charge in [-0.25, -0.2) is 0 Å². The van der Waals surface area contributed by atoms with Crippen molar-refractivity contribution in [2.75, 3.05) is 38.5 Å². The number of nitrogen functional groups attached to an aromatic ring is 1. The molecule has 3 N–H and O–H groups in total. The topological polar surface area (TPSA) is 86.9 Å². The smallest absolute Gasteiger partial charge is 0.317 e. The normalized spacial score (nSPS) is 15.0. The predicted octanol–water partition coefficient (Wildman–Crippen LogP) is 2.26. The Morgan fingerprint density at radius 3 is 2.23 bits per heavy atom. The van der Waals surface area contributed by atoms with Gasteiger partial charge in [0.15, 0.2) is 0 Å². The van der Waals surface area contributed by atoms with Gasteiger partial charge in [-0.3, -0.25) is 14.5 Å². The van der Waals surface area contributed by atoms with Crippen molar-refractivity contribution in [3.8, 4) is 0 Å². The van der Waals surface area contributed by atoms with Crippen molar-refractivity contribution >= 4 is 29.3 Å². The number of piperazine rings is 1. The highest BCUT2D eigenvalue weighted by Crippen LogP contribution is 2.34. The molecule has 1 saturated heterocycles. The number of carbonyl (C=O) groups excluding carboxylic acids is 1. The summed E-state index contributed by atoms with van der Waals surface area (Å²) in [5.74, 6) is -0.871. The van der Waals surface area contributed by atoms with Gasteiger partial charge in [0.2, 0.25) is 0 Å². The van der Waals surface area contributed by atoms with Crippen molar-refractivity contribution in [1.29, 1.82) is 0 Å². The second-order valence-corrected chi connectivity index (χ2v) is 7.18. The molecule has 1 aliphatic rings. The molecule has 0 aromatic heterocycles. The van der Waals surface area contributed by atoms with Crippen molar-refractivity contribution in [2.24, 2.45) is 0 Å². The maximum Gasteiger partial charge on any atom is 0.317 e. The Bertz CT molecular complexity index is 804. The minimum atomic E-state index is -0.841. The molecule has 0 saturated carbocycles. The molecule has 6 nitrogen and oxygen atoms in total. The van der Waals surface area contributed by atoms with Crippen LogP contribution in [0.3, 0.4) is 0 Å². The fourth-order valence-electron chi connectivity index (χ4n) is 2.89. The zero-order valence-corrected chi connectivity index (χ0v) is 15.1. The van der Waals surface area contributed by atoms with Crippen LogP contribution in [0.15, 0.2) is 58.3 Å². The van der Waals surface area contributed by atoms with Crippen LogP contribution in [0.1, 0.15) is 10.4 Å². The molecule has 26 heavy (non-hydrogen) atoms. The number of hydrogen-bond acceptors (Lipinski definition) is 5. The first-order valence-corrected chi connectivity index (χ1v) is 9.21. The van der Waals surface area contributed by atoms with Gasteiger partial charge in [0.25, 0.3) is 5.91 Å². The highest BCUT2D eigenvalue weighted by atomic mass is 32.2. The van der Waals surface area contributed by atoms with E-state index in [1.54, 1.807) is 4.90 Å². The van der Waals surface area contributed by atoms with E-state index >= 15 is 0 Å². The van der Waals surface area contributed by atoms with Gasteiger partial charge in [0.1, 0.15) is 0 Å². The monoisotopic (exact) mass is 371 g/mol. The summed E-state index contributed by atoms with van der Waals surface area (Å²) in [6.07, 6.45) is 0. The third-order valence-electron chi connectivity index (χ3n) is 4.27. The molecule has 7 heteroatoms. The minimum absolute atomic E-state index is 0.0156. The fraction of sp³-hybridized carbons (Fsp3) is 0.263. The molecule has 2 aromatic rings. The van der Waals surface area contributed by atoms with Gasteiger partial charge in [-0.2, -0.15) is 0 Å². The maximum atomic E-state index is 13.0. The molecule has 2 aromatic carbocycles. The summed E-state index contributed by atoms with van der Waals surface area (Å²) < 4.78 is 0. The summed E-state index contributed by atoms with van der Waals surface area (Å²) in [6, 6.07) is 15.1. The zero-order valence-electron chi connectivity index (χ0n) is 14.3. The first kappa shape index (κ1) is 18.3. The molecule has 1 fully saturated rings. The molecule has 0 aliphatic carbocycles. The van der Waals surface area contributed by atoms with Gasteiger partial charge in [0.05, 0.1) is 12.1 Å². The van der Waals surface area contributed by atoms with Crippen molar-refractivity contribution < 1.29 is 14.7 Å². The average molecular weight is 371 g/mol. The van der Waals surface area contributed by atoms with Crippen molar-refractivity contribution in [2.45, 2.75) is 9.79 Å². The van der Waals surface area contributed by atoms with E-state index in [0.29, 0.717) is 37.4 Å². The molecule has 0 atom stereocenters. The van der Waals surface area contributed by atoms with Crippen LogP contribution in [0.4, 0.5) is 5.69 Å². The van der Waals surface area contributed by atoms with E-state index in [9.17, 15) is 9.59 Å². The fourth-order valence-corrected chi connectivity index (χ4v) is 3.88. The number of carboxylic acid groups (broad SMARTS) is 1. The number of para-hydroxylation sites is 1. The summed E-state index contributed by atoms with van der Waals surface area (Å²) in [5, 5.41) is 8.88. The SMILES string of the molecule is Nc1ccccc1Sc1ccccc1C(=O)N1CCN(CC(=O)O)CC1. The summed E-state index contributed by atoms with van der Waals surface area (Å²) in [7, 11) is 0. The molecule has 136 valence electrons. The molecule has 0 radical (unpaired) electrons. The summed E-state index contributed by atoms with van der Waals surface area (Å²) in [6.45, 7) is 2.21. The lowest BCUT2D eigenvalue weighted by Crippen LogP contribution is -2.50. The van der Waals surface area contributed by atoms with Crippen LogP contribution in [0, 0.1) is 0 Å². The Kier molecular flexibility index (Phi) is 5.80. The second-order valence-electron chi connectivity index (χ2n) is 6.10. The molecule has 1 heterocycles. The highest BCUT2D eigenvalue weighted by Gasteiger charge is 2.24. The van der Waals surface area contributed by atoms with Gasteiger partial charge in [-0.05, 0) is 24.3 Å². The number of carboxylic acids is 1. The van der Waals surface area contributed by atoms with Crippen LogP contribution < -0.4 is 5.73 Å². The minimum Gasteiger partial charge on any atom is -0.480 e. The number of hydrogen-bond donors (Lipinski definition) is 2. The van der Waals surface area contributed by atoms with Gasteiger partial charge in [-0.1, -0.05) is 36.0 Å². The van der Waals surface area contributed by atoms with Gasteiger partial charge < -0.3 is 15.7 Å². The molecular formula is C19H21N3O3S. The van der Waals surface area contributed by atoms with Gasteiger partial charge in [-0.15, -0.1) is 0 Å². The van der Waals surface area contributed by atoms with Crippen LogP contribution in [-0.4, -0.2) is 59.5 Å². The molecular weight excluding hydrogens is 350 g/mol. The standard InChI is InChI=1S/C19H21N3O3S/c20-15-6-2-4-8-17(15)26-16-7-3-1-5-14(16)19(25)22-11-9-21(10-12-22)13-18(23)24/h1-8H,9-13,20H2,(H,23,24). The third-order valence-corrected chi connectivity index (χ3v) is 5.44. The zero-order chi connectivity index (χ0) is 18.5. The summed E-state index contributed by atoms with van der Waals surface area (Å²) in [4.78, 5) is 29.2. The van der Waals surface area contributed by atoms with Crippen molar-refractivity contribution in [1.82, 2.24) is 9.80 Å². The predicted molar refractivity (Wildman–Crippen MR) is 101 cm³/mol. The number of nitrogens with zero attached hydrogens (tertiary/aromatic N) is 2. The van der Waals surface area contributed by atoms with Gasteiger partial charge in [0, 0.05) is 41.7 Å². The van der Waals surface area contributed by atoms with E-state index in [0.717, 1.165) is 9.79 Å². The number of carbonyl (C=O) groups is 2. The van der Waals surface area contributed by atoms with Crippen molar-refractivity contribution in [3.63, 3.8) is 0 Å². The third kappa shape index (κ3) is 4.36. The van der Waals surface area contributed by atoms with Crippen LogP contribution >= 0.6 is 11.8 Å². The van der Waals surface area contributed by atoms with E-state index in [1.165, 1.54) is 11.8 Å².